The van der Waals surface area contributed by atoms with E-state index in [1.54, 1.807) is 0 Å². The van der Waals surface area contributed by atoms with Crippen LogP contribution in [0.3, 0.4) is 0 Å². The van der Waals surface area contributed by atoms with Crippen LogP contribution in [0.15, 0.2) is 4.99 Å². The Morgan fingerprint density at radius 1 is 1.50 bits per heavy atom. The predicted octanol–water partition coefficient (Wildman–Crippen LogP) is -3.47. The first-order chi connectivity index (χ1) is 6.50. The summed E-state index contributed by atoms with van der Waals surface area (Å²) in [7, 11) is 0. The number of aliphatic hydroxyl groups excluding tert-OH is 3. The number of hydrogen-bond donors (Lipinski definition) is 5. The molecule has 7 heteroatoms. The summed E-state index contributed by atoms with van der Waals surface area (Å²) in [5, 5.41) is 37.7. The minimum Gasteiger partial charge on any atom is -0.457 e. The van der Waals surface area contributed by atoms with E-state index in [-0.39, 0.29) is 6.02 Å². The Morgan fingerprint density at radius 3 is 2.71 bits per heavy atom. The monoisotopic (exact) mass is 204 g/mol. The molecule has 5 atom stereocenters. The maximum Gasteiger partial charge on any atom is 0.282 e. The molecule has 5 unspecified atom stereocenters. The molecule has 0 bridgehead atoms. The van der Waals surface area contributed by atoms with Crippen molar-refractivity contribution in [2.75, 3.05) is 6.61 Å². The second-order valence-electron chi connectivity index (χ2n) is 3.58. The molecule has 0 radical (unpaired) electrons. The number of nitrogens with zero attached hydrogens (tertiary/aromatic N) is 1. The highest BCUT2D eigenvalue weighted by atomic mass is 16.5. The summed E-state index contributed by atoms with van der Waals surface area (Å²) in [6.07, 6.45) is -3.68. The molecule has 1 heterocycles. The largest absolute Gasteiger partial charge is 0.457 e. The maximum atomic E-state index is 9.82. The maximum absolute atomic E-state index is 9.82. The number of nitrogens with two attached hydrogens (primary N) is 1. The van der Waals surface area contributed by atoms with Crippen LogP contribution in [-0.4, -0.2) is 63.0 Å². The summed E-state index contributed by atoms with van der Waals surface area (Å²) in [4.78, 5) is 3.72. The van der Waals surface area contributed by atoms with Gasteiger partial charge in [0.1, 0.15) is 23.9 Å². The average molecular weight is 204 g/mol. The fourth-order valence-electron chi connectivity index (χ4n) is 1.93. The van der Waals surface area contributed by atoms with Gasteiger partial charge in [-0.1, -0.05) is 0 Å². The van der Waals surface area contributed by atoms with Crippen molar-refractivity contribution in [1.29, 1.82) is 0 Å². The standard InChI is InChI=1S/C7H12N2O5/c8-6-9-4-3(14-6)2(11)5(12)7(4,13)1-10/h2-5,10-13H,1H2,(H2,8,9). The third kappa shape index (κ3) is 0.976. The van der Waals surface area contributed by atoms with E-state index in [0.717, 1.165) is 0 Å². The van der Waals surface area contributed by atoms with Crippen LogP contribution in [0.25, 0.3) is 0 Å². The van der Waals surface area contributed by atoms with Crippen LogP contribution < -0.4 is 5.73 Å². The minimum absolute atomic E-state index is 0.155. The van der Waals surface area contributed by atoms with Crippen molar-refractivity contribution >= 4 is 6.02 Å². The van der Waals surface area contributed by atoms with Crippen molar-refractivity contribution in [3.63, 3.8) is 0 Å². The quantitative estimate of drug-likeness (QED) is 0.302. The summed E-state index contributed by atoms with van der Waals surface area (Å²) >= 11 is 0. The molecule has 1 aliphatic heterocycles. The number of hydrogen-bond acceptors (Lipinski definition) is 7. The van der Waals surface area contributed by atoms with Gasteiger partial charge in [0.15, 0.2) is 6.10 Å². The van der Waals surface area contributed by atoms with Crippen molar-refractivity contribution < 1.29 is 25.2 Å². The van der Waals surface area contributed by atoms with Crippen LogP contribution in [0, 0.1) is 0 Å². The molecule has 0 amide bonds. The normalized spacial score (nSPS) is 51.3. The van der Waals surface area contributed by atoms with Gasteiger partial charge in [0, 0.05) is 0 Å². The lowest BCUT2D eigenvalue weighted by atomic mass is 9.97. The van der Waals surface area contributed by atoms with Gasteiger partial charge in [0.05, 0.1) is 6.61 Å². The molecule has 2 aliphatic rings. The molecule has 0 aromatic rings. The Morgan fingerprint density at radius 2 is 2.14 bits per heavy atom. The third-order valence-electron chi connectivity index (χ3n) is 2.77. The van der Waals surface area contributed by atoms with E-state index >= 15 is 0 Å². The summed E-state index contributed by atoms with van der Waals surface area (Å²) in [5.41, 5.74) is 3.37. The van der Waals surface area contributed by atoms with E-state index in [1.165, 1.54) is 0 Å². The predicted molar refractivity (Wildman–Crippen MR) is 44.3 cm³/mol. The Bertz CT molecular complexity index is 283. The average Bonchev–Trinajstić information content (AvgIpc) is 2.62. The molecule has 14 heavy (non-hydrogen) atoms. The summed E-state index contributed by atoms with van der Waals surface area (Å²) in [5.74, 6) is 0. The van der Waals surface area contributed by atoms with E-state index in [9.17, 15) is 15.3 Å². The Kier molecular flexibility index (Phi) is 1.93. The van der Waals surface area contributed by atoms with Gasteiger partial charge >= 0.3 is 0 Å². The topological polar surface area (TPSA) is 129 Å². The number of ether oxygens (including phenoxy) is 1. The first-order valence-electron chi connectivity index (χ1n) is 4.20. The molecule has 80 valence electrons. The Labute approximate surface area is 79.4 Å². The number of amidine groups is 1. The van der Waals surface area contributed by atoms with Crippen LogP contribution in [0.5, 0.6) is 0 Å². The van der Waals surface area contributed by atoms with E-state index in [1.807, 2.05) is 0 Å². The molecule has 0 aromatic carbocycles. The van der Waals surface area contributed by atoms with Crippen LogP contribution in [0.2, 0.25) is 0 Å². The van der Waals surface area contributed by atoms with Gasteiger partial charge in [-0.2, -0.15) is 0 Å². The van der Waals surface area contributed by atoms with E-state index in [2.05, 4.69) is 4.99 Å². The van der Waals surface area contributed by atoms with Gasteiger partial charge in [-0.05, 0) is 0 Å². The van der Waals surface area contributed by atoms with Gasteiger partial charge in [-0.3, -0.25) is 0 Å². The zero-order valence-corrected chi connectivity index (χ0v) is 7.24. The molecule has 1 fully saturated rings. The summed E-state index contributed by atoms with van der Waals surface area (Å²) in [6.45, 7) is -0.716. The zero-order chi connectivity index (χ0) is 10.5. The number of aliphatic imine (C=N–C) groups is 1. The van der Waals surface area contributed by atoms with Crippen molar-refractivity contribution in [1.82, 2.24) is 0 Å². The van der Waals surface area contributed by atoms with Gasteiger partial charge < -0.3 is 30.9 Å². The van der Waals surface area contributed by atoms with Crippen LogP contribution in [0.4, 0.5) is 0 Å². The SMILES string of the molecule is NC1=NC2C(O1)C(O)C(O)C2(O)CO. The fraction of sp³-hybridized carbons (Fsp3) is 0.857. The molecule has 0 saturated heterocycles. The van der Waals surface area contributed by atoms with Gasteiger partial charge in [0.25, 0.3) is 6.02 Å². The van der Waals surface area contributed by atoms with Crippen molar-refractivity contribution in [2.24, 2.45) is 10.7 Å². The Balaban J connectivity index is 2.35. The lowest BCUT2D eigenvalue weighted by Crippen LogP contribution is -2.50. The smallest absolute Gasteiger partial charge is 0.282 e. The second kappa shape index (κ2) is 2.80. The summed E-state index contributed by atoms with van der Waals surface area (Å²) in [6, 6.07) is -1.07. The lowest BCUT2D eigenvalue weighted by molar-refractivity contribution is -0.117. The van der Waals surface area contributed by atoms with E-state index in [4.69, 9.17) is 15.6 Å². The minimum atomic E-state index is -1.88. The lowest BCUT2D eigenvalue weighted by Gasteiger charge is -2.26. The zero-order valence-electron chi connectivity index (χ0n) is 7.24. The highest BCUT2D eigenvalue weighted by Crippen LogP contribution is 2.37. The van der Waals surface area contributed by atoms with E-state index < -0.39 is 36.6 Å². The molecular weight excluding hydrogens is 192 g/mol. The van der Waals surface area contributed by atoms with Crippen molar-refractivity contribution in [3.05, 3.63) is 0 Å². The van der Waals surface area contributed by atoms with Gasteiger partial charge in [-0.25, -0.2) is 4.99 Å². The second-order valence-corrected chi connectivity index (χ2v) is 3.58. The molecule has 0 aromatic heterocycles. The number of fused-ring (bicyclic) bond motifs is 1. The van der Waals surface area contributed by atoms with Crippen molar-refractivity contribution in [2.45, 2.75) is 30.0 Å². The fourth-order valence-corrected chi connectivity index (χ4v) is 1.93. The number of rotatable bonds is 1. The molecule has 6 N–H and O–H groups in total. The van der Waals surface area contributed by atoms with E-state index in [0.29, 0.717) is 0 Å². The molecule has 2 rings (SSSR count). The van der Waals surface area contributed by atoms with Gasteiger partial charge in [-0.15, -0.1) is 0 Å². The van der Waals surface area contributed by atoms with Crippen molar-refractivity contribution in [3.8, 4) is 0 Å². The van der Waals surface area contributed by atoms with Crippen LogP contribution in [0.1, 0.15) is 0 Å². The third-order valence-corrected chi connectivity index (χ3v) is 2.77. The highest BCUT2D eigenvalue weighted by molar-refractivity contribution is 5.74. The van der Waals surface area contributed by atoms with Crippen LogP contribution in [-0.2, 0) is 4.74 Å². The van der Waals surface area contributed by atoms with Gasteiger partial charge in [0.2, 0.25) is 0 Å². The highest BCUT2D eigenvalue weighted by Gasteiger charge is 2.63. The Hall–Kier alpha value is -0.890. The van der Waals surface area contributed by atoms with Crippen LogP contribution >= 0.6 is 0 Å². The number of aliphatic hydroxyl groups is 4. The first kappa shape index (κ1) is 9.66. The summed E-state index contributed by atoms with van der Waals surface area (Å²) < 4.78 is 4.91. The molecule has 0 spiro atoms. The first-order valence-corrected chi connectivity index (χ1v) is 4.20. The molecule has 1 aliphatic carbocycles. The molecular formula is C7H12N2O5. The molecule has 1 saturated carbocycles. The molecule has 7 nitrogen and oxygen atoms in total.